The van der Waals surface area contributed by atoms with Crippen molar-refractivity contribution >= 4 is 15.6 Å². The smallest absolute Gasteiger partial charge is 0.165 e. The summed E-state index contributed by atoms with van der Waals surface area (Å²) in [6, 6.07) is 5.43. The molecule has 0 amide bonds. The Balaban J connectivity index is 2.13. The van der Waals surface area contributed by atoms with Gasteiger partial charge in [0.05, 0.1) is 5.25 Å². The fourth-order valence-electron chi connectivity index (χ4n) is 2.62. The summed E-state index contributed by atoms with van der Waals surface area (Å²) in [5.74, 6) is -0.721. The van der Waals surface area contributed by atoms with Gasteiger partial charge in [-0.3, -0.25) is 4.79 Å². The topological polar surface area (TPSA) is 51.2 Å². The monoisotopic (exact) mass is 284 g/mol. The van der Waals surface area contributed by atoms with Crippen LogP contribution in [0.25, 0.3) is 0 Å². The summed E-state index contributed by atoms with van der Waals surface area (Å²) in [7, 11) is -3.09. The third-order valence-electron chi connectivity index (χ3n) is 3.73. The second kappa shape index (κ2) is 5.41. The highest BCUT2D eigenvalue weighted by molar-refractivity contribution is 7.91. The lowest BCUT2D eigenvalue weighted by atomic mass is 9.83. The number of hydrogen-bond donors (Lipinski definition) is 0. The van der Waals surface area contributed by atoms with E-state index in [9.17, 15) is 17.6 Å². The zero-order chi connectivity index (χ0) is 14.0. The van der Waals surface area contributed by atoms with Crippen LogP contribution in [-0.2, 0) is 9.84 Å². The fourth-order valence-corrected chi connectivity index (χ4v) is 3.80. The molecule has 1 fully saturated rings. The van der Waals surface area contributed by atoms with Crippen molar-refractivity contribution < 1.29 is 17.6 Å². The van der Waals surface area contributed by atoms with E-state index >= 15 is 0 Å². The Labute approximate surface area is 112 Å². The van der Waals surface area contributed by atoms with Crippen molar-refractivity contribution in [1.29, 1.82) is 0 Å². The molecule has 1 aromatic carbocycles. The van der Waals surface area contributed by atoms with E-state index in [2.05, 4.69) is 0 Å². The molecule has 0 heterocycles. The van der Waals surface area contributed by atoms with Gasteiger partial charge < -0.3 is 0 Å². The predicted molar refractivity (Wildman–Crippen MR) is 71.3 cm³/mol. The predicted octanol–water partition coefficient (Wildman–Crippen LogP) is 2.61. The van der Waals surface area contributed by atoms with Crippen LogP contribution in [0.15, 0.2) is 24.3 Å². The van der Waals surface area contributed by atoms with Gasteiger partial charge in [-0.1, -0.05) is 6.42 Å². The number of carbonyl (C=O) groups excluding carboxylic acids is 1. The maximum Gasteiger partial charge on any atom is 0.165 e. The normalized spacial score (nSPS) is 24.1. The number of carbonyl (C=O) groups is 1. The van der Waals surface area contributed by atoms with Gasteiger partial charge in [0.2, 0.25) is 0 Å². The number of halogens is 1. The summed E-state index contributed by atoms with van der Waals surface area (Å²) in [4.78, 5) is 12.3. The highest BCUT2D eigenvalue weighted by Crippen LogP contribution is 2.30. The Kier molecular flexibility index (Phi) is 4.04. The average molecular weight is 284 g/mol. The van der Waals surface area contributed by atoms with Gasteiger partial charge in [0.1, 0.15) is 15.7 Å². The highest BCUT2D eigenvalue weighted by Gasteiger charge is 2.32. The molecule has 1 aromatic rings. The van der Waals surface area contributed by atoms with Crippen molar-refractivity contribution in [3.63, 3.8) is 0 Å². The van der Waals surface area contributed by atoms with Gasteiger partial charge in [-0.15, -0.1) is 0 Å². The standard InChI is InChI=1S/C14H17FO3S/c1-19(17,18)13-4-2-3-11(9-13)14(16)10-5-7-12(15)8-6-10/h5-8,11,13H,2-4,9H2,1H3. The van der Waals surface area contributed by atoms with Gasteiger partial charge in [-0.2, -0.15) is 0 Å². The molecule has 2 atom stereocenters. The lowest BCUT2D eigenvalue weighted by Crippen LogP contribution is -2.31. The summed E-state index contributed by atoms with van der Waals surface area (Å²) >= 11 is 0. The van der Waals surface area contributed by atoms with E-state index in [1.807, 2.05) is 0 Å². The van der Waals surface area contributed by atoms with Gasteiger partial charge in [0.25, 0.3) is 0 Å². The van der Waals surface area contributed by atoms with E-state index in [1.165, 1.54) is 30.5 Å². The molecule has 0 aromatic heterocycles. The molecule has 2 unspecified atom stereocenters. The van der Waals surface area contributed by atoms with Gasteiger partial charge in [0, 0.05) is 17.7 Å². The van der Waals surface area contributed by atoms with E-state index in [4.69, 9.17) is 0 Å². The first-order chi connectivity index (χ1) is 8.88. The first kappa shape index (κ1) is 14.2. The van der Waals surface area contributed by atoms with E-state index < -0.39 is 15.1 Å². The molecule has 1 saturated carbocycles. The summed E-state index contributed by atoms with van der Waals surface area (Å²) in [6.45, 7) is 0. The minimum absolute atomic E-state index is 0.0756. The van der Waals surface area contributed by atoms with Crippen molar-refractivity contribution in [1.82, 2.24) is 0 Å². The van der Waals surface area contributed by atoms with Crippen LogP contribution in [0, 0.1) is 11.7 Å². The van der Waals surface area contributed by atoms with Crippen molar-refractivity contribution in [3.8, 4) is 0 Å². The second-order valence-corrected chi connectivity index (χ2v) is 7.51. The molecule has 0 aliphatic heterocycles. The quantitative estimate of drug-likeness (QED) is 0.802. The van der Waals surface area contributed by atoms with Crippen LogP contribution in [0.5, 0.6) is 0 Å². The van der Waals surface area contributed by atoms with E-state index in [-0.39, 0.29) is 17.5 Å². The van der Waals surface area contributed by atoms with E-state index in [1.54, 1.807) is 0 Å². The summed E-state index contributed by atoms with van der Waals surface area (Å²) in [5, 5.41) is -0.421. The van der Waals surface area contributed by atoms with E-state index in [0.717, 1.165) is 6.42 Å². The molecule has 0 bridgehead atoms. The average Bonchev–Trinajstić information content (AvgIpc) is 2.38. The first-order valence-electron chi connectivity index (χ1n) is 6.36. The van der Waals surface area contributed by atoms with Crippen LogP contribution in [0.2, 0.25) is 0 Å². The number of sulfone groups is 1. The largest absolute Gasteiger partial charge is 0.294 e. The molecule has 1 aliphatic rings. The van der Waals surface area contributed by atoms with Crippen LogP contribution in [0.3, 0.4) is 0 Å². The molecule has 5 heteroatoms. The molecule has 0 spiro atoms. The van der Waals surface area contributed by atoms with Crippen LogP contribution in [-0.4, -0.2) is 25.7 Å². The Bertz CT molecular complexity index is 563. The van der Waals surface area contributed by atoms with Gasteiger partial charge >= 0.3 is 0 Å². The summed E-state index contributed by atoms with van der Waals surface area (Å²) in [6.07, 6.45) is 3.70. The van der Waals surface area contributed by atoms with Crippen molar-refractivity contribution in [3.05, 3.63) is 35.6 Å². The third kappa shape index (κ3) is 3.41. The summed E-state index contributed by atoms with van der Waals surface area (Å²) < 4.78 is 36.0. The Morgan fingerprint density at radius 2 is 1.84 bits per heavy atom. The Morgan fingerprint density at radius 3 is 2.42 bits per heavy atom. The maximum absolute atomic E-state index is 12.8. The molecular weight excluding hydrogens is 267 g/mol. The molecule has 0 saturated heterocycles. The molecule has 3 nitrogen and oxygen atoms in total. The van der Waals surface area contributed by atoms with Crippen LogP contribution in [0.4, 0.5) is 4.39 Å². The minimum Gasteiger partial charge on any atom is -0.294 e. The first-order valence-corrected chi connectivity index (χ1v) is 8.32. The van der Waals surface area contributed by atoms with Crippen LogP contribution < -0.4 is 0 Å². The van der Waals surface area contributed by atoms with Crippen LogP contribution >= 0.6 is 0 Å². The third-order valence-corrected chi connectivity index (χ3v) is 5.37. The summed E-state index contributed by atoms with van der Waals surface area (Å²) in [5.41, 5.74) is 0.459. The van der Waals surface area contributed by atoms with Gasteiger partial charge in [0.15, 0.2) is 5.78 Å². The van der Waals surface area contributed by atoms with Gasteiger partial charge in [-0.25, -0.2) is 12.8 Å². The molecule has 0 radical (unpaired) electrons. The fraction of sp³-hybridized carbons (Fsp3) is 0.500. The molecule has 0 N–H and O–H groups in total. The molecule has 19 heavy (non-hydrogen) atoms. The van der Waals surface area contributed by atoms with Crippen molar-refractivity contribution in [2.75, 3.05) is 6.26 Å². The molecule has 104 valence electrons. The lowest BCUT2D eigenvalue weighted by Gasteiger charge is -2.27. The number of Topliss-reactive ketones (excluding diaryl/α,β-unsaturated/α-hetero) is 1. The number of ketones is 1. The molecular formula is C14H17FO3S. The number of benzene rings is 1. The minimum atomic E-state index is -3.09. The van der Waals surface area contributed by atoms with E-state index in [0.29, 0.717) is 24.8 Å². The zero-order valence-electron chi connectivity index (χ0n) is 10.8. The number of hydrogen-bond acceptors (Lipinski definition) is 3. The Hall–Kier alpha value is -1.23. The Morgan fingerprint density at radius 1 is 1.21 bits per heavy atom. The lowest BCUT2D eigenvalue weighted by molar-refractivity contribution is 0.0891. The molecule has 1 aliphatic carbocycles. The van der Waals surface area contributed by atoms with Gasteiger partial charge in [-0.05, 0) is 43.5 Å². The second-order valence-electron chi connectivity index (χ2n) is 5.19. The molecule has 2 rings (SSSR count). The number of rotatable bonds is 3. The zero-order valence-corrected chi connectivity index (χ0v) is 11.6. The maximum atomic E-state index is 12.8. The van der Waals surface area contributed by atoms with Crippen LogP contribution in [0.1, 0.15) is 36.0 Å². The van der Waals surface area contributed by atoms with Crippen molar-refractivity contribution in [2.24, 2.45) is 5.92 Å². The highest BCUT2D eigenvalue weighted by atomic mass is 32.2. The van der Waals surface area contributed by atoms with Crippen molar-refractivity contribution in [2.45, 2.75) is 30.9 Å². The SMILES string of the molecule is CS(=O)(=O)C1CCCC(C(=O)c2ccc(F)cc2)C1.